The molecule has 0 aliphatic heterocycles. The maximum atomic E-state index is 15.2. The molecule has 0 aromatic heterocycles. The minimum absolute atomic E-state index is 0.0635. The van der Waals surface area contributed by atoms with E-state index in [4.69, 9.17) is 14.6 Å². The average molecular weight is 495 g/mol. The van der Waals surface area contributed by atoms with Gasteiger partial charge in [0.1, 0.15) is 12.4 Å². The van der Waals surface area contributed by atoms with Crippen molar-refractivity contribution in [3.8, 4) is 28.0 Å². The van der Waals surface area contributed by atoms with Crippen molar-refractivity contribution in [3.63, 3.8) is 0 Å². The van der Waals surface area contributed by atoms with Gasteiger partial charge in [0.2, 0.25) is 0 Å². The van der Waals surface area contributed by atoms with Gasteiger partial charge in [-0.15, -0.1) is 0 Å². The van der Waals surface area contributed by atoms with Gasteiger partial charge in [0.15, 0.2) is 11.6 Å². The topological polar surface area (TPSA) is 55.8 Å². The first kappa shape index (κ1) is 27.1. The van der Waals surface area contributed by atoms with Crippen LogP contribution in [0.2, 0.25) is 0 Å². The van der Waals surface area contributed by atoms with Crippen LogP contribution >= 0.6 is 0 Å². The third kappa shape index (κ3) is 7.01. The van der Waals surface area contributed by atoms with Crippen molar-refractivity contribution in [1.29, 1.82) is 0 Å². The van der Waals surface area contributed by atoms with E-state index in [1.54, 1.807) is 30.3 Å². The van der Waals surface area contributed by atoms with Crippen molar-refractivity contribution in [2.24, 2.45) is 0 Å². The molecule has 0 heterocycles. The Balaban J connectivity index is 1.86. The Labute approximate surface area is 211 Å². The number of rotatable bonds is 13. The van der Waals surface area contributed by atoms with Crippen molar-refractivity contribution in [2.45, 2.75) is 39.0 Å². The largest absolute Gasteiger partial charge is 0.491 e. The smallest absolute Gasteiger partial charge is 0.330 e. The van der Waals surface area contributed by atoms with Crippen LogP contribution in [0.25, 0.3) is 22.3 Å². The van der Waals surface area contributed by atoms with E-state index in [2.05, 4.69) is 13.5 Å². The fourth-order valence-corrected chi connectivity index (χ4v) is 3.98. The molecule has 0 saturated heterocycles. The van der Waals surface area contributed by atoms with Gasteiger partial charge < -0.3 is 14.6 Å². The van der Waals surface area contributed by atoms with Crippen molar-refractivity contribution >= 4 is 5.97 Å². The molecule has 0 aliphatic carbocycles. The van der Waals surface area contributed by atoms with Crippen LogP contribution in [0.4, 0.5) is 8.78 Å². The van der Waals surface area contributed by atoms with Crippen LogP contribution in [0.1, 0.15) is 37.3 Å². The van der Waals surface area contributed by atoms with E-state index in [0.29, 0.717) is 28.9 Å². The van der Waals surface area contributed by atoms with Gasteiger partial charge in [0, 0.05) is 23.6 Å². The lowest BCUT2D eigenvalue weighted by Gasteiger charge is -2.14. The van der Waals surface area contributed by atoms with Gasteiger partial charge in [-0.2, -0.15) is 0 Å². The Morgan fingerprint density at radius 3 is 2.22 bits per heavy atom. The van der Waals surface area contributed by atoms with E-state index in [1.165, 1.54) is 12.0 Å². The number of hydrogen-bond acceptors (Lipinski definition) is 4. The van der Waals surface area contributed by atoms with Crippen LogP contribution in [0.3, 0.4) is 0 Å². The molecule has 0 aliphatic rings. The number of aryl methyl sites for hydroxylation is 1. The second kappa shape index (κ2) is 13.5. The fraction of sp³-hybridized carbons (Fsp3) is 0.300. The summed E-state index contributed by atoms with van der Waals surface area (Å²) in [6.45, 7) is 5.49. The average Bonchev–Trinajstić information content (AvgIpc) is 2.90. The molecule has 6 heteroatoms. The number of unbranched alkanes of at least 4 members (excludes halogenated alkanes) is 2. The highest BCUT2D eigenvalue weighted by Crippen LogP contribution is 2.34. The molecule has 0 atom stereocenters. The number of hydrogen-bond donors (Lipinski definition) is 1. The summed E-state index contributed by atoms with van der Waals surface area (Å²) in [6, 6.07) is 15.7. The number of halogens is 2. The summed E-state index contributed by atoms with van der Waals surface area (Å²) in [7, 11) is 0. The molecule has 1 N–H and O–H groups in total. The van der Waals surface area contributed by atoms with E-state index in [9.17, 15) is 4.79 Å². The minimum atomic E-state index is -0.937. The monoisotopic (exact) mass is 494 g/mol. The summed E-state index contributed by atoms with van der Waals surface area (Å²) in [5.74, 6) is -1.93. The van der Waals surface area contributed by atoms with E-state index in [0.717, 1.165) is 25.3 Å². The fourth-order valence-electron chi connectivity index (χ4n) is 3.98. The Bertz CT molecular complexity index is 1170. The Morgan fingerprint density at radius 1 is 0.917 bits per heavy atom. The van der Waals surface area contributed by atoms with E-state index >= 15 is 8.78 Å². The van der Waals surface area contributed by atoms with E-state index in [1.807, 2.05) is 24.3 Å². The maximum Gasteiger partial charge on any atom is 0.330 e. The first-order chi connectivity index (χ1) is 17.5. The van der Waals surface area contributed by atoms with Gasteiger partial charge in [0.05, 0.1) is 13.2 Å². The molecule has 3 rings (SSSR count). The van der Waals surface area contributed by atoms with Crippen LogP contribution in [-0.4, -0.2) is 30.9 Å². The molecule has 0 saturated carbocycles. The molecule has 4 nitrogen and oxygen atoms in total. The van der Waals surface area contributed by atoms with E-state index in [-0.39, 0.29) is 30.9 Å². The maximum absolute atomic E-state index is 15.2. The zero-order valence-corrected chi connectivity index (χ0v) is 20.6. The quantitative estimate of drug-likeness (QED) is 0.164. The molecule has 0 unspecified atom stereocenters. The predicted octanol–water partition coefficient (Wildman–Crippen LogP) is 6.67. The Hall–Kier alpha value is -3.51. The number of aliphatic hydroxyl groups excluding tert-OH is 1. The Morgan fingerprint density at radius 2 is 1.58 bits per heavy atom. The lowest BCUT2D eigenvalue weighted by Crippen LogP contribution is -2.08. The van der Waals surface area contributed by atoms with Crippen LogP contribution < -0.4 is 4.74 Å². The summed E-state index contributed by atoms with van der Waals surface area (Å²) in [4.78, 5) is 11.4. The van der Waals surface area contributed by atoms with Crippen molar-refractivity contribution in [1.82, 2.24) is 0 Å². The normalized spacial score (nSPS) is 10.8. The van der Waals surface area contributed by atoms with Crippen LogP contribution in [0, 0.1) is 11.6 Å². The molecule has 0 amide bonds. The summed E-state index contributed by atoms with van der Waals surface area (Å²) < 4.78 is 41.0. The highest BCUT2D eigenvalue weighted by Gasteiger charge is 2.17. The van der Waals surface area contributed by atoms with Gasteiger partial charge in [-0.25, -0.2) is 13.6 Å². The van der Waals surface area contributed by atoms with Gasteiger partial charge in [-0.3, -0.25) is 0 Å². The molecule has 190 valence electrons. The van der Waals surface area contributed by atoms with Crippen LogP contribution in [0.5, 0.6) is 5.75 Å². The summed E-state index contributed by atoms with van der Waals surface area (Å²) in [6.07, 6.45) is 5.75. The Kier molecular flexibility index (Phi) is 10.2. The van der Waals surface area contributed by atoms with Gasteiger partial charge in [-0.05, 0) is 47.2 Å². The van der Waals surface area contributed by atoms with Gasteiger partial charge in [-0.1, -0.05) is 68.8 Å². The highest BCUT2D eigenvalue weighted by molar-refractivity contribution is 5.81. The van der Waals surface area contributed by atoms with Crippen molar-refractivity contribution < 1.29 is 28.2 Å². The molecule has 3 aromatic carbocycles. The molecule has 3 aromatic rings. The number of carbonyl (C=O) groups excluding carboxylic acids is 1. The number of benzene rings is 3. The molecular weight excluding hydrogens is 462 g/mol. The predicted molar refractivity (Wildman–Crippen MR) is 138 cm³/mol. The first-order valence-electron chi connectivity index (χ1n) is 12.2. The third-order valence-electron chi connectivity index (χ3n) is 5.92. The molecule has 0 spiro atoms. The van der Waals surface area contributed by atoms with Crippen molar-refractivity contribution in [3.05, 3.63) is 90.0 Å². The zero-order chi connectivity index (χ0) is 25.9. The lowest BCUT2D eigenvalue weighted by atomic mass is 9.96. The number of ether oxygens (including phenoxy) is 2. The van der Waals surface area contributed by atoms with Gasteiger partial charge >= 0.3 is 5.97 Å². The van der Waals surface area contributed by atoms with Crippen molar-refractivity contribution in [2.75, 3.05) is 19.8 Å². The summed E-state index contributed by atoms with van der Waals surface area (Å²) >= 11 is 0. The molecule has 0 radical (unpaired) electrons. The first-order valence-corrected chi connectivity index (χ1v) is 12.2. The SMILES string of the molecule is C=CC(=O)OCCc1cc(-c2ccc(-c3ccc(CCCCC)cc3)c(F)c2F)ccc1OCCO. The zero-order valence-electron chi connectivity index (χ0n) is 20.6. The number of carbonyl (C=O) groups is 1. The number of aliphatic hydroxyl groups is 1. The summed E-state index contributed by atoms with van der Waals surface area (Å²) in [5.41, 5.74) is 3.22. The second-order valence-corrected chi connectivity index (χ2v) is 8.46. The van der Waals surface area contributed by atoms with Crippen LogP contribution in [0.15, 0.2) is 67.3 Å². The molecular formula is C30H32F2O4. The van der Waals surface area contributed by atoms with Crippen LogP contribution in [-0.2, 0) is 22.4 Å². The highest BCUT2D eigenvalue weighted by atomic mass is 19.2. The molecule has 0 bridgehead atoms. The van der Waals surface area contributed by atoms with E-state index < -0.39 is 17.6 Å². The number of esters is 1. The molecule has 0 fully saturated rings. The summed E-state index contributed by atoms with van der Waals surface area (Å²) in [5, 5.41) is 9.09. The molecule has 36 heavy (non-hydrogen) atoms. The standard InChI is InChI=1S/C30H32F2O4/c1-3-5-6-7-21-8-10-22(11-9-21)25-13-14-26(30(32)29(25)31)23-12-15-27(35-19-17-33)24(20-23)16-18-36-28(34)4-2/h4,8-15,20,33H,2-3,5-7,16-19H2,1H3. The minimum Gasteiger partial charge on any atom is -0.491 e. The lowest BCUT2D eigenvalue weighted by molar-refractivity contribution is -0.137. The third-order valence-corrected chi connectivity index (χ3v) is 5.92. The second-order valence-electron chi connectivity index (χ2n) is 8.46. The van der Waals surface area contributed by atoms with Gasteiger partial charge in [0.25, 0.3) is 0 Å².